The number of rotatable bonds is 6. The lowest BCUT2D eigenvalue weighted by molar-refractivity contribution is -0.121. The number of aliphatic hydroxyl groups is 1. The minimum absolute atomic E-state index is 0.00332. The van der Waals surface area contributed by atoms with Crippen molar-refractivity contribution in [3.05, 3.63) is 0 Å². The summed E-state index contributed by atoms with van der Waals surface area (Å²) in [5, 5.41) is 14.1. The molecule has 4 nitrogen and oxygen atoms in total. The largest absolute Gasteiger partial charge is 0.395 e. The van der Waals surface area contributed by atoms with E-state index in [2.05, 4.69) is 10.6 Å². The summed E-state index contributed by atoms with van der Waals surface area (Å²) in [5.74, 6) is -0.0165. The number of hydrogen-bond donors (Lipinski definition) is 3. The number of carbonyl (C=O) groups is 1. The maximum absolute atomic E-state index is 10.9. The Bertz CT molecular complexity index is 126. The third-order valence-corrected chi connectivity index (χ3v) is 1.34. The highest BCUT2D eigenvalue weighted by Gasteiger charge is 1.99. The van der Waals surface area contributed by atoms with Gasteiger partial charge < -0.3 is 15.7 Å². The zero-order valence-corrected chi connectivity index (χ0v) is 7.76. The summed E-state index contributed by atoms with van der Waals surface area (Å²) in [7, 11) is 0. The monoisotopic (exact) mass is 174 g/mol. The summed E-state index contributed by atoms with van der Waals surface area (Å²) in [6.45, 7) is 5.11. The van der Waals surface area contributed by atoms with Gasteiger partial charge in [0.1, 0.15) is 0 Å². The van der Waals surface area contributed by atoms with Crippen LogP contribution in [0.2, 0.25) is 0 Å². The second-order valence-electron chi connectivity index (χ2n) is 2.93. The molecule has 0 spiro atoms. The summed E-state index contributed by atoms with van der Waals surface area (Å²) in [6, 6.07) is 0.413. The maximum Gasteiger partial charge on any atom is 0.221 e. The molecule has 3 N–H and O–H groups in total. The van der Waals surface area contributed by atoms with E-state index in [9.17, 15) is 4.79 Å². The summed E-state index contributed by atoms with van der Waals surface area (Å²) >= 11 is 0. The molecule has 0 aromatic carbocycles. The lowest BCUT2D eigenvalue weighted by atomic mass is 10.3. The van der Waals surface area contributed by atoms with E-state index in [-0.39, 0.29) is 12.5 Å². The Morgan fingerprint density at radius 1 is 1.42 bits per heavy atom. The number of nitrogens with one attached hydrogen (secondary N) is 2. The molecular weight excluding hydrogens is 156 g/mol. The van der Waals surface area contributed by atoms with Gasteiger partial charge in [-0.2, -0.15) is 0 Å². The number of amides is 1. The van der Waals surface area contributed by atoms with Crippen LogP contribution >= 0.6 is 0 Å². The van der Waals surface area contributed by atoms with Crippen molar-refractivity contribution in [3.8, 4) is 0 Å². The predicted molar refractivity (Wildman–Crippen MR) is 47.9 cm³/mol. The van der Waals surface area contributed by atoms with Crippen molar-refractivity contribution in [2.75, 3.05) is 19.7 Å². The Balaban J connectivity index is 3.20. The third-order valence-electron chi connectivity index (χ3n) is 1.34. The van der Waals surface area contributed by atoms with Gasteiger partial charge in [0.05, 0.1) is 6.61 Å². The first kappa shape index (κ1) is 11.4. The van der Waals surface area contributed by atoms with E-state index < -0.39 is 0 Å². The molecule has 0 aromatic heterocycles. The molecular formula is C8H18N2O2. The molecule has 0 saturated heterocycles. The van der Waals surface area contributed by atoms with Crippen molar-refractivity contribution >= 4 is 5.91 Å². The van der Waals surface area contributed by atoms with Crippen LogP contribution in [0.1, 0.15) is 20.3 Å². The minimum atomic E-state index is -0.0165. The molecule has 0 aliphatic rings. The Morgan fingerprint density at radius 3 is 2.58 bits per heavy atom. The minimum Gasteiger partial charge on any atom is -0.395 e. The SMILES string of the molecule is CC(C)NCCC(=O)NCCO. The molecule has 0 heterocycles. The van der Waals surface area contributed by atoms with Crippen molar-refractivity contribution < 1.29 is 9.90 Å². The molecule has 0 saturated carbocycles. The Labute approximate surface area is 73.3 Å². The smallest absolute Gasteiger partial charge is 0.221 e. The quantitative estimate of drug-likeness (QED) is 0.508. The summed E-state index contributed by atoms with van der Waals surface area (Å²) < 4.78 is 0. The number of hydrogen-bond acceptors (Lipinski definition) is 3. The van der Waals surface area contributed by atoms with Gasteiger partial charge in [-0.05, 0) is 0 Å². The van der Waals surface area contributed by atoms with Gasteiger partial charge in [0.2, 0.25) is 5.91 Å². The standard InChI is InChI=1S/C8H18N2O2/c1-7(2)9-4-3-8(12)10-5-6-11/h7,9,11H,3-6H2,1-2H3,(H,10,12). The van der Waals surface area contributed by atoms with Gasteiger partial charge in [0, 0.05) is 25.6 Å². The second-order valence-corrected chi connectivity index (χ2v) is 2.93. The van der Waals surface area contributed by atoms with E-state index in [1.54, 1.807) is 0 Å². The molecule has 4 heteroatoms. The van der Waals surface area contributed by atoms with Gasteiger partial charge in [0.25, 0.3) is 0 Å². The lowest BCUT2D eigenvalue weighted by Crippen LogP contribution is -2.31. The van der Waals surface area contributed by atoms with Crippen LogP contribution in [0, 0.1) is 0 Å². The van der Waals surface area contributed by atoms with E-state index in [0.29, 0.717) is 25.6 Å². The van der Waals surface area contributed by atoms with E-state index in [1.807, 2.05) is 13.8 Å². The summed E-state index contributed by atoms with van der Waals surface area (Å²) in [5.41, 5.74) is 0. The van der Waals surface area contributed by atoms with Crippen molar-refractivity contribution in [3.63, 3.8) is 0 Å². The van der Waals surface area contributed by atoms with Crippen molar-refractivity contribution in [2.45, 2.75) is 26.3 Å². The topological polar surface area (TPSA) is 61.4 Å². The highest BCUT2D eigenvalue weighted by molar-refractivity contribution is 5.75. The first-order valence-electron chi connectivity index (χ1n) is 4.27. The fraction of sp³-hybridized carbons (Fsp3) is 0.875. The van der Waals surface area contributed by atoms with Gasteiger partial charge in [-0.1, -0.05) is 13.8 Å². The average molecular weight is 174 g/mol. The fourth-order valence-electron chi connectivity index (χ4n) is 0.758. The van der Waals surface area contributed by atoms with E-state index in [0.717, 1.165) is 0 Å². The van der Waals surface area contributed by atoms with Crippen LogP contribution in [0.5, 0.6) is 0 Å². The van der Waals surface area contributed by atoms with Crippen LogP contribution in [0.4, 0.5) is 0 Å². The summed E-state index contributed by atoms with van der Waals surface area (Å²) in [6.07, 6.45) is 0.470. The van der Waals surface area contributed by atoms with Gasteiger partial charge in [-0.15, -0.1) is 0 Å². The first-order valence-corrected chi connectivity index (χ1v) is 4.27. The maximum atomic E-state index is 10.9. The van der Waals surface area contributed by atoms with Crippen LogP contribution in [0.3, 0.4) is 0 Å². The fourth-order valence-corrected chi connectivity index (χ4v) is 0.758. The summed E-state index contributed by atoms with van der Waals surface area (Å²) in [4.78, 5) is 10.9. The molecule has 0 radical (unpaired) electrons. The van der Waals surface area contributed by atoms with Gasteiger partial charge in [0.15, 0.2) is 0 Å². The van der Waals surface area contributed by atoms with Gasteiger partial charge in [-0.25, -0.2) is 0 Å². The van der Waals surface area contributed by atoms with Crippen LogP contribution in [0.25, 0.3) is 0 Å². The van der Waals surface area contributed by atoms with Crippen molar-refractivity contribution in [1.29, 1.82) is 0 Å². The number of carbonyl (C=O) groups excluding carboxylic acids is 1. The Morgan fingerprint density at radius 2 is 2.08 bits per heavy atom. The van der Waals surface area contributed by atoms with E-state index in [1.165, 1.54) is 0 Å². The zero-order chi connectivity index (χ0) is 9.40. The molecule has 0 aliphatic heterocycles. The molecule has 0 aromatic rings. The normalized spacial score (nSPS) is 10.3. The Kier molecular flexibility index (Phi) is 6.70. The highest BCUT2D eigenvalue weighted by atomic mass is 16.3. The van der Waals surface area contributed by atoms with Gasteiger partial charge >= 0.3 is 0 Å². The zero-order valence-electron chi connectivity index (χ0n) is 7.76. The highest BCUT2D eigenvalue weighted by Crippen LogP contribution is 1.80. The first-order chi connectivity index (χ1) is 5.66. The predicted octanol–water partition coefficient (Wildman–Crippen LogP) is -0.517. The lowest BCUT2D eigenvalue weighted by Gasteiger charge is -2.07. The van der Waals surface area contributed by atoms with Gasteiger partial charge in [-0.3, -0.25) is 4.79 Å². The van der Waals surface area contributed by atoms with E-state index in [4.69, 9.17) is 5.11 Å². The third kappa shape index (κ3) is 7.50. The molecule has 0 rings (SSSR count). The molecule has 12 heavy (non-hydrogen) atoms. The van der Waals surface area contributed by atoms with Crippen LogP contribution in [-0.2, 0) is 4.79 Å². The molecule has 0 fully saturated rings. The van der Waals surface area contributed by atoms with Crippen LogP contribution in [-0.4, -0.2) is 36.8 Å². The van der Waals surface area contributed by atoms with Crippen molar-refractivity contribution in [2.24, 2.45) is 0 Å². The molecule has 0 aliphatic carbocycles. The van der Waals surface area contributed by atoms with Crippen molar-refractivity contribution in [1.82, 2.24) is 10.6 Å². The molecule has 0 unspecified atom stereocenters. The number of aliphatic hydroxyl groups excluding tert-OH is 1. The molecule has 1 amide bonds. The Hall–Kier alpha value is -0.610. The van der Waals surface area contributed by atoms with Crippen LogP contribution < -0.4 is 10.6 Å². The molecule has 72 valence electrons. The van der Waals surface area contributed by atoms with E-state index >= 15 is 0 Å². The molecule has 0 atom stereocenters. The van der Waals surface area contributed by atoms with Crippen LogP contribution in [0.15, 0.2) is 0 Å². The second kappa shape index (κ2) is 7.06. The molecule has 0 bridgehead atoms. The average Bonchev–Trinajstić information content (AvgIpc) is 2.00.